The molecule has 0 saturated carbocycles. The molecule has 2 N–H and O–H groups in total. The van der Waals surface area contributed by atoms with Crippen LogP contribution in [-0.2, 0) is 0 Å². The van der Waals surface area contributed by atoms with Gasteiger partial charge in [0.05, 0.1) is 26.4 Å². The smallest absolute Gasteiger partial charge is 0.119 e. The van der Waals surface area contributed by atoms with Crippen LogP contribution in [0.4, 0.5) is 5.69 Å². The second-order valence-corrected chi connectivity index (χ2v) is 5.65. The number of hydrogen-bond donors (Lipinski definition) is 2. The van der Waals surface area contributed by atoms with E-state index >= 15 is 0 Å². The molecule has 0 radical (unpaired) electrons. The number of anilines is 1. The first kappa shape index (κ1) is 18.1. The molecule has 2 atom stereocenters. The molecule has 5 heteroatoms. The predicted molar refractivity (Wildman–Crippen MR) is 97.1 cm³/mol. The lowest BCUT2D eigenvalue weighted by Gasteiger charge is -2.34. The summed E-state index contributed by atoms with van der Waals surface area (Å²) in [5, 5.41) is 13.7. The maximum Gasteiger partial charge on any atom is 0.119 e. The fraction of sp³-hybridized carbons (Fsp3) is 0.368. The molecule has 0 bridgehead atoms. The fourth-order valence-electron chi connectivity index (χ4n) is 2.80. The van der Waals surface area contributed by atoms with Crippen molar-refractivity contribution in [1.29, 1.82) is 0 Å². The molecule has 0 saturated heterocycles. The Kier molecular flexibility index (Phi) is 6.46. The van der Waals surface area contributed by atoms with Gasteiger partial charge in [-0.25, -0.2) is 0 Å². The van der Waals surface area contributed by atoms with Crippen LogP contribution in [-0.4, -0.2) is 46.1 Å². The molecular formula is C19H26N2O3. The summed E-state index contributed by atoms with van der Waals surface area (Å²) in [7, 11) is 7.11. The highest BCUT2D eigenvalue weighted by Gasteiger charge is 2.25. The van der Waals surface area contributed by atoms with Gasteiger partial charge in [-0.1, -0.05) is 12.1 Å². The highest BCUT2D eigenvalue weighted by atomic mass is 16.5. The van der Waals surface area contributed by atoms with Crippen molar-refractivity contribution in [3.63, 3.8) is 0 Å². The number of rotatable bonds is 8. The number of ether oxygens (including phenoxy) is 2. The van der Waals surface area contributed by atoms with E-state index in [1.165, 1.54) is 0 Å². The molecule has 24 heavy (non-hydrogen) atoms. The Balaban J connectivity index is 2.32. The lowest BCUT2D eigenvalue weighted by molar-refractivity contribution is 0.142. The third kappa shape index (κ3) is 4.19. The van der Waals surface area contributed by atoms with E-state index in [0.29, 0.717) is 6.54 Å². The lowest BCUT2D eigenvalue weighted by atomic mass is 9.99. The largest absolute Gasteiger partial charge is 0.497 e. The Morgan fingerprint density at radius 2 is 1.46 bits per heavy atom. The molecule has 2 aromatic rings. The Hall–Kier alpha value is -2.24. The molecule has 2 rings (SSSR count). The summed E-state index contributed by atoms with van der Waals surface area (Å²) < 4.78 is 10.4. The van der Waals surface area contributed by atoms with E-state index in [0.717, 1.165) is 22.7 Å². The van der Waals surface area contributed by atoms with Gasteiger partial charge < -0.3 is 24.8 Å². The van der Waals surface area contributed by atoms with E-state index in [2.05, 4.69) is 10.2 Å². The van der Waals surface area contributed by atoms with Crippen LogP contribution in [0, 0.1) is 0 Å². The molecule has 0 fully saturated rings. The maximum atomic E-state index is 10.7. The van der Waals surface area contributed by atoms with Gasteiger partial charge in [-0.2, -0.15) is 0 Å². The van der Waals surface area contributed by atoms with Gasteiger partial charge in [0.2, 0.25) is 0 Å². The van der Waals surface area contributed by atoms with Crippen molar-refractivity contribution in [2.45, 2.75) is 12.1 Å². The molecule has 0 heterocycles. The van der Waals surface area contributed by atoms with Crippen molar-refractivity contribution in [2.24, 2.45) is 0 Å². The number of likely N-dealkylation sites (N-methyl/N-ethyl adjacent to an activating group) is 2. The number of methoxy groups -OCH3 is 2. The van der Waals surface area contributed by atoms with Gasteiger partial charge in [0.15, 0.2) is 0 Å². The molecule has 0 spiro atoms. The predicted octanol–water partition coefficient (Wildman–Crippen LogP) is 2.46. The molecule has 0 aromatic heterocycles. The number of nitrogens with one attached hydrogen (secondary N) is 1. The van der Waals surface area contributed by atoms with Crippen molar-refractivity contribution in [2.75, 3.05) is 39.8 Å². The van der Waals surface area contributed by atoms with Crippen molar-refractivity contribution in [1.82, 2.24) is 5.32 Å². The van der Waals surface area contributed by atoms with Crippen LogP contribution in [0.5, 0.6) is 11.5 Å². The van der Waals surface area contributed by atoms with Crippen LogP contribution < -0.4 is 19.7 Å². The fourth-order valence-corrected chi connectivity index (χ4v) is 2.80. The molecule has 0 aliphatic heterocycles. The average molecular weight is 330 g/mol. The Bertz CT molecular complexity index is 614. The van der Waals surface area contributed by atoms with Crippen molar-refractivity contribution in [3.8, 4) is 11.5 Å². The first-order valence-electron chi connectivity index (χ1n) is 7.94. The summed E-state index contributed by atoms with van der Waals surface area (Å²) in [4.78, 5) is 2.07. The van der Waals surface area contributed by atoms with Crippen molar-refractivity contribution >= 4 is 5.69 Å². The summed E-state index contributed by atoms with van der Waals surface area (Å²) in [6.45, 7) is 0.497. The Morgan fingerprint density at radius 1 is 0.958 bits per heavy atom. The molecule has 2 unspecified atom stereocenters. The quantitative estimate of drug-likeness (QED) is 0.779. The minimum atomic E-state index is -0.560. The highest BCUT2D eigenvalue weighted by molar-refractivity contribution is 5.51. The summed E-state index contributed by atoms with van der Waals surface area (Å²) in [5.41, 5.74) is 2.03. The first-order chi connectivity index (χ1) is 11.6. The first-order valence-corrected chi connectivity index (χ1v) is 7.94. The van der Waals surface area contributed by atoms with Crippen molar-refractivity contribution in [3.05, 3.63) is 54.1 Å². The van der Waals surface area contributed by atoms with Crippen LogP contribution in [0.15, 0.2) is 48.5 Å². The van der Waals surface area contributed by atoms with Crippen LogP contribution in [0.3, 0.4) is 0 Å². The minimum Gasteiger partial charge on any atom is -0.497 e. The Morgan fingerprint density at radius 3 is 1.92 bits per heavy atom. The minimum absolute atomic E-state index is 0.184. The summed E-state index contributed by atoms with van der Waals surface area (Å²) >= 11 is 0. The third-order valence-electron chi connectivity index (χ3n) is 4.13. The lowest BCUT2D eigenvalue weighted by Crippen LogP contribution is -2.39. The molecule has 0 aliphatic carbocycles. The number of aliphatic hydroxyl groups excluding tert-OH is 1. The summed E-state index contributed by atoms with van der Waals surface area (Å²) in [6, 6.07) is 15.4. The van der Waals surface area contributed by atoms with Gasteiger partial charge in [-0.15, -0.1) is 0 Å². The maximum absolute atomic E-state index is 10.7. The molecule has 130 valence electrons. The third-order valence-corrected chi connectivity index (χ3v) is 4.13. The Labute approximate surface area is 143 Å². The highest BCUT2D eigenvalue weighted by Crippen LogP contribution is 2.30. The SMILES string of the molecule is CNCC(O)C(c1ccc(OC)cc1)N(C)c1ccc(OC)cc1. The van der Waals surface area contributed by atoms with Crippen LogP contribution in [0.1, 0.15) is 11.6 Å². The molecule has 5 nitrogen and oxygen atoms in total. The van der Waals surface area contributed by atoms with Gasteiger partial charge in [-0.05, 0) is 49.0 Å². The number of hydrogen-bond acceptors (Lipinski definition) is 5. The number of benzene rings is 2. The zero-order valence-electron chi connectivity index (χ0n) is 14.7. The second kappa shape index (κ2) is 8.57. The van der Waals surface area contributed by atoms with Gasteiger partial charge in [0, 0.05) is 19.3 Å². The van der Waals surface area contributed by atoms with Gasteiger partial charge in [0.1, 0.15) is 11.5 Å². The zero-order chi connectivity index (χ0) is 17.5. The molecular weight excluding hydrogens is 304 g/mol. The van der Waals surface area contributed by atoms with Gasteiger partial charge in [-0.3, -0.25) is 0 Å². The second-order valence-electron chi connectivity index (χ2n) is 5.65. The van der Waals surface area contributed by atoms with E-state index in [1.807, 2.05) is 62.6 Å². The summed E-state index contributed by atoms with van der Waals surface area (Å²) in [5.74, 6) is 1.61. The molecule has 2 aromatic carbocycles. The van der Waals surface area contributed by atoms with Gasteiger partial charge in [0.25, 0.3) is 0 Å². The monoisotopic (exact) mass is 330 g/mol. The standard InChI is InChI=1S/C19H26N2O3/c1-20-13-18(22)19(14-5-9-16(23-3)10-6-14)21(2)15-7-11-17(24-4)12-8-15/h5-12,18-20,22H,13H2,1-4H3. The molecule has 0 aliphatic rings. The van der Waals surface area contributed by atoms with Gasteiger partial charge >= 0.3 is 0 Å². The average Bonchev–Trinajstić information content (AvgIpc) is 2.62. The van der Waals surface area contributed by atoms with E-state index < -0.39 is 6.10 Å². The van der Waals surface area contributed by atoms with Crippen LogP contribution >= 0.6 is 0 Å². The van der Waals surface area contributed by atoms with Crippen LogP contribution in [0.25, 0.3) is 0 Å². The normalized spacial score (nSPS) is 13.2. The van der Waals surface area contributed by atoms with E-state index in [1.54, 1.807) is 14.2 Å². The van der Waals surface area contributed by atoms with E-state index in [-0.39, 0.29) is 6.04 Å². The topological polar surface area (TPSA) is 54.0 Å². The van der Waals surface area contributed by atoms with Crippen molar-refractivity contribution < 1.29 is 14.6 Å². The van der Waals surface area contributed by atoms with E-state index in [9.17, 15) is 5.11 Å². The number of aliphatic hydroxyl groups is 1. The molecule has 0 amide bonds. The van der Waals surface area contributed by atoms with Crippen LogP contribution in [0.2, 0.25) is 0 Å². The summed E-state index contributed by atoms with van der Waals surface area (Å²) in [6.07, 6.45) is -0.560. The van der Waals surface area contributed by atoms with E-state index in [4.69, 9.17) is 9.47 Å². The number of nitrogens with zero attached hydrogens (tertiary/aromatic N) is 1. The zero-order valence-corrected chi connectivity index (χ0v) is 14.7.